The highest BCUT2D eigenvalue weighted by atomic mass is 35.5. The van der Waals surface area contributed by atoms with Crippen molar-refractivity contribution < 1.29 is 4.92 Å². The lowest BCUT2D eigenvalue weighted by Crippen LogP contribution is -1.86. The Morgan fingerprint density at radius 3 is 2.60 bits per heavy atom. The minimum Gasteiger partial charge on any atom is -0.360 e. The quantitative estimate of drug-likeness (QED) is 0.554. The van der Waals surface area contributed by atoms with Crippen molar-refractivity contribution in [1.82, 2.24) is 4.98 Å². The molecule has 0 aliphatic rings. The van der Waals surface area contributed by atoms with Gasteiger partial charge in [-0.3, -0.25) is 10.1 Å². The molecule has 0 spiro atoms. The molecule has 4 nitrogen and oxygen atoms in total. The number of aromatic amines is 1. The molecule has 0 unspecified atom stereocenters. The summed E-state index contributed by atoms with van der Waals surface area (Å²) in [6.45, 7) is 0. The van der Waals surface area contributed by atoms with E-state index in [1.54, 1.807) is 23.9 Å². The van der Waals surface area contributed by atoms with E-state index < -0.39 is 0 Å². The molecule has 0 aliphatic carbocycles. The number of nitro benzene ring substituents is 1. The van der Waals surface area contributed by atoms with Gasteiger partial charge in [0.1, 0.15) is 0 Å². The van der Waals surface area contributed by atoms with Gasteiger partial charge in [0.15, 0.2) is 0 Å². The number of aromatic nitrogens is 1. The molecular formula is C14H9ClN2O2S. The predicted molar refractivity (Wildman–Crippen MR) is 80.5 cm³/mol. The summed E-state index contributed by atoms with van der Waals surface area (Å²) in [5, 5.41) is 12.4. The van der Waals surface area contributed by atoms with E-state index in [9.17, 15) is 10.1 Å². The van der Waals surface area contributed by atoms with E-state index in [2.05, 4.69) is 4.98 Å². The van der Waals surface area contributed by atoms with E-state index in [1.165, 1.54) is 6.07 Å². The SMILES string of the molecule is O=[N+]([O-])c1ccc2[nH]cc(Sc3ccc(Cl)cc3)c2c1. The molecule has 0 aliphatic heterocycles. The van der Waals surface area contributed by atoms with Crippen molar-refractivity contribution in [3.63, 3.8) is 0 Å². The molecule has 0 amide bonds. The van der Waals surface area contributed by atoms with E-state index in [0.29, 0.717) is 5.02 Å². The van der Waals surface area contributed by atoms with Crippen LogP contribution >= 0.6 is 23.4 Å². The van der Waals surface area contributed by atoms with Gasteiger partial charge in [0.2, 0.25) is 0 Å². The topological polar surface area (TPSA) is 58.9 Å². The van der Waals surface area contributed by atoms with Gasteiger partial charge in [-0.1, -0.05) is 23.4 Å². The fraction of sp³-hybridized carbons (Fsp3) is 0. The largest absolute Gasteiger partial charge is 0.360 e. The maximum Gasteiger partial charge on any atom is 0.270 e. The maximum atomic E-state index is 10.8. The number of hydrogen-bond donors (Lipinski definition) is 1. The Morgan fingerprint density at radius 2 is 1.90 bits per heavy atom. The molecule has 6 heteroatoms. The molecule has 0 radical (unpaired) electrons. The second kappa shape index (κ2) is 5.19. The lowest BCUT2D eigenvalue weighted by molar-refractivity contribution is -0.384. The van der Waals surface area contributed by atoms with Crippen molar-refractivity contribution >= 4 is 40.0 Å². The number of nitro groups is 1. The molecule has 3 rings (SSSR count). The monoisotopic (exact) mass is 304 g/mol. The van der Waals surface area contributed by atoms with Gasteiger partial charge < -0.3 is 4.98 Å². The van der Waals surface area contributed by atoms with Crippen molar-refractivity contribution in [3.8, 4) is 0 Å². The molecule has 100 valence electrons. The molecule has 0 atom stereocenters. The number of H-pyrrole nitrogens is 1. The first-order chi connectivity index (χ1) is 9.63. The van der Waals surface area contributed by atoms with E-state index in [-0.39, 0.29) is 10.6 Å². The molecule has 1 N–H and O–H groups in total. The van der Waals surface area contributed by atoms with Gasteiger partial charge in [0, 0.05) is 44.0 Å². The summed E-state index contributed by atoms with van der Waals surface area (Å²) >= 11 is 7.39. The third kappa shape index (κ3) is 2.50. The van der Waals surface area contributed by atoms with Crippen LogP contribution in [0.1, 0.15) is 0 Å². The van der Waals surface area contributed by atoms with Crippen LogP contribution in [-0.2, 0) is 0 Å². The highest BCUT2D eigenvalue weighted by molar-refractivity contribution is 7.99. The Morgan fingerprint density at radius 1 is 1.15 bits per heavy atom. The number of halogens is 1. The highest BCUT2D eigenvalue weighted by Gasteiger charge is 2.11. The Balaban J connectivity index is 2.00. The first-order valence-corrected chi connectivity index (χ1v) is 7.02. The van der Waals surface area contributed by atoms with Crippen molar-refractivity contribution in [2.24, 2.45) is 0 Å². The third-order valence-electron chi connectivity index (χ3n) is 2.88. The van der Waals surface area contributed by atoms with Crippen molar-refractivity contribution in [2.75, 3.05) is 0 Å². The van der Waals surface area contributed by atoms with Crippen molar-refractivity contribution in [1.29, 1.82) is 0 Å². The molecule has 0 saturated carbocycles. The lowest BCUT2D eigenvalue weighted by atomic mass is 10.2. The average Bonchev–Trinajstić information content (AvgIpc) is 2.84. The molecule has 0 bridgehead atoms. The van der Waals surface area contributed by atoms with Gasteiger partial charge in [0.05, 0.1) is 4.92 Å². The number of fused-ring (bicyclic) bond motifs is 1. The molecule has 20 heavy (non-hydrogen) atoms. The van der Waals surface area contributed by atoms with Crippen LogP contribution < -0.4 is 0 Å². The third-order valence-corrected chi connectivity index (χ3v) is 4.20. The van der Waals surface area contributed by atoms with Crippen LogP contribution in [0.3, 0.4) is 0 Å². The van der Waals surface area contributed by atoms with E-state index in [0.717, 1.165) is 20.7 Å². The first-order valence-electron chi connectivity index (χ1n) is 5.82. The first kappa shape index (κ1) is 13.0. The molecule has 0 fully saturated rings. The van der Waals surface area contributed by atoms with Gasteiger partial charge in [0.25, 0.3) is 5.69 Å². The number of non-ortho nitro benzene ring substituents is 1. The molecule has 1 aromatic heterocycles. The van der Waals surface area contributed by atoms with Gasteiger partial charge in [-0.05, 0) is 30.3 Å². The smallest absolute Gasteiger partial charge is 0.270 e. The van der Waals surface area contributed by atoms with Gasteiger partial charge >= 0.3 is 0 Å². The van der Waals surface area contributed by atoms with Crippen LogP contribution in [0.4, 0.5) is 5.69 Å². The van der Waals surface area contributed by atoms with E-state index >= 15 is 0 Å². The zero-order valence-corrected chi connectivity index (χ0v) is 11.7. The minimum absolute atomic E-state index is 0.0926. The number of nitrogens with zero attached hydrogens (tertiary/aromatic N) is 1. The Labute approximate surface area is 123 Å². The van der Waals surface area contributed by atoms with Gasteiger partial charge in [-0.15, -0.1) is 0 Å². The average molecular weight is 305 g/mol. The van der Waals surface area contributed by atoms with Crippen LogP contribution in [0.2, 0.25) is 5.02 Å². The Kier molecular flexibility index (Phi) is 3.38. The fourth-order valence-corrected chi connectivity index (χ4v) is 2.96. The number of benzene rings is 2. The van der Waals surface area contributed by atoms with Crippen LogP contribution in [0.5, 0.6) is 0 Å². The second-order valence-corrected chi connectivity index (χ2v) is 5.75. The summed E-state index contributed by atoms with van der Waals surface area (Å²) < 4.78 is 0. The summed E-state index contributed by atoms with van der Waals surface area (Å²) in [6.07, 6.45) is 1.85. The number of rotatable bonds is 3. The van der Waals surface area contributed by atoms with E-state index in [4.69, 9.17) is 11.6 Å². The highest BCUT2D eigenvalue weighted by Crippen LogP contribution is 2.35. The fourth-order valence-electron chi connectivity index (χ4n) is 1.91. The molecule has 2 aromatic carbocycles. The Bertz CT molecular complexity index is 783. The van der Waals surface area contributed by atoms with Crippen LogP contribution in [0.25, 0.3) is 10.9 Å². The molecule has 3 aromatic rings. The minimum atomic E-state index is -0.386. The number of hydrogen-bond acceptors (Lipinski definition) is 3. The maximum absolute atomic E-state index is 10.8. The van der Waals surface area contributed by atoms with Crippen molar-refractivity contribution in [3.05, 3.63) is 63.8 Å². The summed E-state index contributed by atoms with van der Waals surface area (Å²) in [6, 6.07) is 12.3. The summed E-state index contributed by atoms with van der Waals surface area (Å²) in [7, 11) is 0. The van der Waals surface area contributed by atoms with E-state index in [1.807, 2.05) is 30.5 Å². The predicted octanol–water partition coefficient (Wildman–Crippen LogP) is 4.88. The zero-order valence-electron chi connectivity index (χ0n) is 10.2. The zero-order chi connectivity index (χ0) is 14.1. The Hall–Kier alpha value is -1.98. The summed E-state index contributed by atoms with van der Waals surface area (Å²) in [5.74, 6) is 0. The van der Waals surface area contributed by atoms with Crippen LogP contribution in [0, 0.1) is 10.1 Å². The molecular weight excluding hydrogens is 296 g/mol. The second-order valence-electron chi connectivity index (χ2n) is 4.20. The number of nitrogens with one attached hydrogen (secondary N) is 1. The van der Waals surface area contributed by atoms with Crippen molar-refractivity contribution in [2.45, 2.75) is 9.79 Å². The van der Waals surface area contributed by atoms with Gasteiger partial charge in [-0.2, -0.15) is 0 Å². The van der Waals surface area contributed by atoms with Gasteiger partial charge in [-0.25, -0.2) is 0 Å². The lowest BCUT2D eigenvalue weighted by Gasteiger charge is -2.00. The standard InChI is InChI=1S/C14H9ClN2O2S/c15-9-1-4-11(5-2-9)20-14-8-16-13-6-3-10(17(18)19)7-12(13)14/h1-8,16H. The molecule has 0 saturated heterocycles. The van der Waals surface area contributed by atoms with Crippen LogP contribution in [0.15, 0.2) is 58.5 Å². The summed E-state index contributed by atoms with van der Waals surface area (Å²) in [5.41, 5.74) is 0.974. The summed E-state index contributed by atoms with van der Waals surface area (Å²) in [4.78, 5) is 15.6. The molecule has 1 heterocycles. The van der Waals surface area contributed by atoms with Crippen LogP contribution in [-0.4, -0.2) is 9.91 Å². The normalized spacial score (nSPS) is 10.8.